The zero-order valence-electron chi connectivity index (χ0n) is 12.4. The number of hydrogen-bond donors (Lipinski definition) is 4. The van der Waals surface area contributed by atoms with E-state index < -0.39 is 0 Å². The molecule has 0 fully saturated rings. The Morgan fingerprint density at radius 2 is 1.59 bits per heavy atom. The van der Waals surface area contributed by atoms with E-state index in [1.54, 1.807) is 12.1 Å². The summed E-state index contributed by atoms with van der Waals surface area (Å²) in [6.45, 7) is 3.84. The van der Waals surface area contributed by atoms with Crippen LogP contribution in [0.25, 0.3) is 0 Å². The molecule has 0 atom stereocenters. The first kappa shape index (κ1) is 15.2. The van der Waals surface area contributed by atoms with Gasteiger partial charge < -0.3 is 22.5 Å². The minimum Gasteiger partial charge on any atom is -0.370 e. The molecule has 1 heterocycles. The molecule has 8 nitrogen and oxygen atoms in total. The molecule has 0 radical (unpaired) electrons. The van der Waals surface area contributed by atoms with Gasteiger partial charge in [0.25, 0.3) is 0 Å². The summed E-state index contributed by atoms with van der Waals surface area (Å²) in [6.07, 6.45) is 0. The molecule has 114 valence electrons. The lowest BCUT2D eigenvalue weighted by Gasteiger charge is -2.06. The fourth-order valence-electron chi connectivity index (χ4n) is 1.82. The molecule has 22 heavy (non-hydrogen) atoms. The first-order valence-electron chi connectivity index (χ1n) is 6.55. The SMILES string of the molecule is Cc1cc(C)nc(Nc2ccc(N=C(N)N=C(N)N)cc2)n1. The number of hydrogen-bond acceptors (Lipinski definition) is 4. The molecule has 1 aromatic heterocycles. The van der Waals surface area contributed by atoms with Crippen molar-refractivity contribution in [3.8, 4) is 0 Å². The number of benzene rings is 1. The van der Waals surface area contributed by atoms with Gasteiger partial charge in [0.1, 0.15) is 0 Å². The Morgan fingerprint density at radius 3 is 2.14 bits per heavy atom. The number of nitrogens with one attached hydrogen (secondary N) is 1. The van der Waals surface area contributed by atoms with Crippen molar-refractivity contribution in [2.45, 2.75) is 13.8 Å². The number of nitrogens with two attached hydrogens (primary N) is 3. The smallest absolute Gasteiger partial charge is 0.227 e. The van der Waals surface area contributed by atoms with Crippen molar-refractivity contribution < 1.29 is 0 Å². The maximum absolute atomic E-state index is 5.57. The van der Waals surface area contributed by atoms with Gasteiger partial charge in [-0.05, 0) is 44.2 Å². The van der Waals surface area contributed by atoms with E-state index in [2.05, 4.69) is 25.3 Å². The van der Waals surface area contributed by atoms with Crippen LogP contribution < -0.4 is 22.5 Å². The van der Waals surface area contributed by atoms with Crippen molar-refractivity contribution in [3.05, 3.63) is 41.7 Å². The van der Waals surface area contributed by atoms with Crippen LogP contribution in [-0.4, -0.2) is 21.9 Å². The minimum absolute atomic E-state index is 0.00153. The molecule has 0 amide bonds. The maximum atomic E-state index is 5.57. The molecule has 2 rings (SSSR count). The molecule has 0 saturated carbocycles. The number of anilines is 2. The summed E-state index contributed by atoms with van der Waals surface area (Å²) in [5.41, 5.74) is 19.3. The van der Waals surface area contributed by atoms with Crippen LogP contribution in [0.2, 0.25) is 0 Å². The lowest BCUT2D eigenvalue weighted by molar-refractivity contribution is 1.06. The second kappa shape index (κ2) is 6.53. The van der Waals surface area contributed by atoms with Gasteiger partial charge in [0.05, 0.1) is 5.69 Å². The molecule has 7 N–H and O–H groups in total. The van der Waals surface area contributed by atoms with Gasteiger partial charge in [-0.3, -0.25) is 0 Å². The number of aromatic nitrogens is 2. The third-order valence-corrected chi connectivity index (χ3v) is 2.59. The highest BCUT2D eigenvalue weighted by Crippen LogP contribution is 2.19. The zero-order chi connectivity index (χ0) is 16.1. The second-order valence-electron chi connectivity index (χ2n) is 4.65. The predicted molar refractivity (Wildman–Crippen MR) is 88.3 cm³/mol. The minimum atomic E-state index is -0.133. The normalized spacial score (nSPS) is 11.1. The first-order valence-corrected chi connectivity index (χ1v) is 6.55. The van der Waals surface area contributed by atoms with Gasteiger partial charge in [0.2, 0.25) is 11.9 Å². The van der Waals surface area contributed by atoms with Crippen molar-refractivity contribution in [2.75, 3.05) is 5.32 Å². The van der Waals surface area contributed by atoms with Crippen molar-refractivity contribution in [1.82, 2.24) is 9.97 Å². The lowest BCUT2D eigenvalue weighted by atomic mass is 10.3. The standard InChI is InChI=1S/C14H18N8/c1-8-7-9(2)19-14(18-8)21-11-5-3-10(4-6-11)20-13(17)22-12(15)16/h3-7H,1-2H3,(H,18,19,21)(H6,15,16,17,20,22). The predicted octanol–water partition coefficient (Wildman–Crippen LogP) is 1.06. The van der Waals surface area contributed by atoms with E-state index in [4.69, 9.17) is 17.2 Å². The summed E-state index contributed by atoms with van der Waals surface area (Å²) < 4.78 is 0. The molecule has 0 aliphatic rings. The average Bonchev–Trinajstić information content (AvgIpc) is 2.39. The van der Waals surface area contributed by atoms with Crippen molar-refractivity contribution >= 4 is 29.2 Å². The maximum Gasteiger partial charge on any atom is 0.227 e. The summed E-state index contributed by atoms with van der Waals surface area (Å²) in [7, 11) is 0. The fourth-order valence-corrected chi connectivity index (χ4v) is 1.82. The third kappa shape index (κ3) is 4.44. The summed E-state index contributed by atoms with van der Waals surface area (Å²) >= 11 is 0. The van der Waals surface area contributed by atoms with Crippen LogP contribution in [0, 0.1) is 13.8 Å². The molecule has 0 spiro atoms. The number of guanidine groups is 2. The van der Waals surface area contributed by atoms with Gasteiger partial charge >= 0.3 is 0 Å². The Bertz CT molecular complexity index is 694. The highest BCUT2D eigenvalue weighted by Gasteiger charge is 2.01. The van der Waals surface area contributed by atoms with E-state index in [0.717, 1.165) is 17.1 Å². The van der Waals surface area contributed by atoms with Crippen LogP contribution in [0.1, 0.15) is 11.4 Å². The van der Waals surface area contributed by atoms with E-state index in [1.165, 1.54) is 0 Å². The van der Waals surface area contributed by atoms with Gasteiger partial charge in [0, 0.05) is 17.1 Å². The zero-order valence-corrected chi connectivity index (χ0v) is 12.4. The van der Waals surface area contributed by atoms with E-state index in [1.807, 2.05) is 32.0 Å². The van der Waals surface area contributed by atoms with Gasteiger partial charge in [-0.1, -0.05) is 0 Å². The van der Waals surface area contributed by atoms with Gasteiger partial charge in [-0.15, -0.1) is 0 Å². The number of nitrogens with zero attached hydrogens (tertiary/aromatic N) is 4. The molecule has 0 bridgehead atoms. The Labute approximate surface area is 128 Å². The summed E-state index contributed by atoms with van der Waals surface area (Å²) in [6, 6.07) is 9.14. The highest BCUT2D eigenvalue weighted by molar-refractivity contribution is 5.93. The summed E-state index contributed by atoms with van der Waals surface area (Å²) in [5.74, 6) is 0.415. The van der Waals surface area contributed by atoms with Crippen LogP contribution in [0.15, 0.2) is 40.3 Å². The molecule has 1 aromatic carbocycles. The summed E-state index contributed by atoms with van der Waals surface area (Å²) in [4.78, 5) is 16.3. The van der Waals surface area contributed by atoms with Gasteiger partial charge in [-0.25, -0.2) is 15.0 Å². The second-order valence-corrected chi connectivity index (χ2v) is 4.65. The van der Waals surface area contributed by atoms with Crippen LogP contribution in [0.5, 0.6) is 0 Å². The van der Waals surface area contributed by atoms with Gasteiger partial charge in [0.15, 0.2) is 5.96 Å². The third-order valence-electron chi connectivity index (χ3n) is 2.59. The molecule has 2 aromatic rings. The van der Waals surface area contributed by atoms with Crippen molar-refractivity contribution in [1.29, 1.82) is 0 Å². The Balaban J connectivity index is 2.14. The number of rotatable bonds is 3. The molecule has 0 saturated heterocycles. The van der Waals surface area contributed by atoms with E-state index in [-0.39, 0.29) is 11.9 Å². The molecular weight excluding hydrogens is 280 g/mol. The van der Waals surface area contributed by atoms with Crippen molar-refractivity contribution in [3.63, 3.8) is 0 Å². The molecule has 0 unspecified atom stereocenters. The Morgan fingerprint density at radius 1 is 1.00 bits per heavy atom. The van der Waals surface area contributed by atoms with Crippen LogP contribution in [0.3, 0.4) is 0 Å². The summed E-state index contributed by atoms with van der Waals surface area (Å²) in [5, 5.41) is 3.13. The average molecular weight is 298 g/mol. The van der Waals surface area contributed by atoms with E-state index in [0.29, 0.717) is 11.6 Å². The fraction of sp³-hybridized carbons (Fsp3) is 0.143. The molecule has 0 aliphatic carbocycles. The Hall–Kier alpha value is -3.16. The Kier molecular flexibility index (Phi) is 4.52. The number of aliphatic imine (C=N–C) groups is 2. The first-order chi connectivity index (χ1) is 10.4. The highest BCUT2D eigenvalue weighted by atomic mass is 15.1. The van der Waals surface area contributed by atoms with E-state index >= 15 is 0 Å². The van der Waals surface area contributed by atoms with Crippen molar-refractivity contribution in [2.24, 2.45) is 27.2 Å². The van der Waals surface area contributed by atoms with Crippen LogP contribution in [0.4, 0.5) is 17.3 Å². The molecule has 8 heteroatoms. The van der Waals surface area contributed by atoms with Gasteiger partial charge in [-0.2, -0.15) is 4.99 Å². The monoisotopic (exact) mass is 298 g/mol. The number of aryl methyl sites for hydroxylation is 2. The quantitative estimate of drug-likeness (QED) is 0.493. The van der Waals surface area contributed by atoms with E-state index in [9.17, 15) is 0 Å². The van der Waals surface area contributed by atoms with Crippen LogP contribution >= 0.6 is 0 Å². The molecule has 0 aliphatic heterocycles. The van der Waals surface area contributed by atoms with Crippen LogP contribution in [-0.2, 0) is 0 Å². The lowest BCUT2D eigenvalue weighted by Crippen LogP contribution is -2.26. The largest absolute Gasteiger partial charge is 0.370 e. The molecular formula is C14H18N8. The topological polar surface area (TPSA) is 141 Å².